The van der Waals surface area contributed by atoms with Crippen molar-refractivity contribution in [2.75, 3.05) is 6.61 Å². The third-order valence-electron chi connectivity index (χ3n) is 3.72. The van der Waals surface area contributed by atoms with Gasteiger partial charge in [-0.05, 0) is 25.7 Å². The average molecular weight is 256 g/mol. The Morgan fingerprint density at radius 3 is 2.61 bits per heavy atom. The molecule has 0 spiro atoms. The number of hydrogen-bond acceptors (Lipinski definition) is 3. The van der Waals surface area contributed by atoms with Gasteiger partial charge >= 0.3 is 5.97 Å². The number of aliphatic hydroxyl groups is 1. The Morgan fingerprint density at radius 2 is 1.89 bits per heavy atom. The molecule has 1 saturated carbocycles. The van der Waals surface area contributed by atoms with Gasteiger partial charge in [0, 0.05) is 0 Å². The average Bonchev–Trinajstić information content (AvgIpc) is 2.37. The Balaban J connectivity index is 1.99. The molecule has 1 aliphatic carbocycles. The second-order valence-electron chi connectivity index (χ2n) is 5.45. The lowest BCUT2D eigenvalue weighted by molar-refractivity contribution is -0.151. The van der Waals surface area contributed by atoms with Gasteiger partial charge in [0.2, 0.25) is 0 Å². The zero-order valence-electron chi connectivity index (χ0n) is 11.7. The lowest BCUT2D eigenvalue weighted by Gasteiger charge is -2.24. The van der Waals surface area contributed by atoms with E-state index in [1.807, 2.05) is 0 Å². The molecule has 3 nitrogen and oxygen atoms in total. The van der Waals surface area contributed by atoms with Gasteiger partial charge < -0.3 is 9.84 Å². The number of rotatable bonds is 8. The fraction of sp³-hybridized carbons (Fsp3) is 0.933. The van der Waals surface area contributed by atoms with Crippen LogP contribution < -0.4 is 0 Å². The molecule has 18 heavy (non-hydrogen) atoms. The van der Waals surface area contributed by atoms with Gasteiger partial charge in [0.05, 0.1) is 18.6 Å². The highest BCUT2D eigenvalue weighted by Crippen LogP contribution is 2.25. The lowest BCUT2D eigenvalue weighted by atomic mass is 9.87. The number of aliphatic hydroxyl groups excluding tert-OH is 1. The SMILES string of the molecule is CCCCCCCCOC(=O)C1CCCC(O)C1. The van der Waals surface area contributed by atoms with Crippen LogP contribution in [-0.2, 0) is 9.53 Å². The van der Waals surface area contributed by atoms with E-state index in [9.17, 15) is 9.90 Å². The second-order valence-corrected chi connectivity index (χ2v) is 5.45. The fourth-order valence-corrected chi connectivity index (χ4v) is 2.55. The molecule has 1 N–H and O–H groups in total. The second kappa shape index (κ2) is 9.37. The lowest BCUT2D eigenvalue weighted by Crippen LogP contribution is -2.27. The van der Waals surface area contributed by atoms with Crippen LogP contribution in [0.15, 0.2) is 0 Å². The van der Waals surface area contributed by atoms with Crippen LogP contribution in [-0.4, -0.2) is 23.8 Å². The fourth-order valence-electron chi connectivity index (χ4n) is 2.55. The molecule has 0 aromatic rings. The molecule has 1 aliphatic rings. The Labute approximate surface area is 111 Å². The van der Waals surface area contributed by atoms with E-state index >= 15 is 0 Å². The number of carbonyl (C=O) groups excluding carboxylic acids is 1. The van der Waals surface area contributed by atoms with Crippen LogP contribution in [0.4, 0.5) is 0 Å². The standard InChI is InChI=1S/C15H28O3/c1-2-3-4-5-6-7-11-18-15(17)13-9-8-10-14(16)12-13/h13-14,16H,2-12H2,1H3. The first-order valence-corrected chi connectivity index (χ1v) is 7.58. The van der Waals surface area contributed by atoms with Crippen molar-refractivity contribution in [3.8, 4) is 0 Å². The molecule has 0 aliphatic heterocycles. The summed E-state index contributed by atoms with van der Waals surface area (Å²) in [5, 5.41) is 9.51. The number of carbonyl (C=O) groups is 1. The normalized spacial score (nSPS) is 23.9. The van der Waals surface area contributed by atoms with Crippen LogP contribution >= 0.6 is 0 Å². The Hall–Kier alpha value is -0.570. The maximum absolute atomic E-state index is 11.7. The van der Waals surface area contributed by atoms with Crippen molar-refractivity contribution < 1.29 is 14.6 Å². The van der Waals surface area contributed by atoms with Gasteiger partial charge in [0.25, 0.3) is 0 Å². The van der Waals surface area contributed by atoms with Gasteiger partial charge in [-0.3, -0.25) is 4.79 Å². The summed E-state index contributed by atoms with van der Waals surface area (Å²) in [6.07, 6.45) is 10.2. The summed E-state index contributed by atoms with van der Waals surface area (Å²) in [5.74, 6) is -0.156. The van der Waals surface area contributed by atoms with Gasteiger partial charge in [-0.25, -0.2) is 0 Å². The number of hydrogen-bond donors (Lipinski definition) is 1. The van der Waals surface area contributed by atoms with Crippen LogP contribution in [0.2, 0.25) is 0 Å². The van der Waals surface area contributed by atoms with Crippen LogP contribution in [0.25, 0.3) is 0 Å². The summed E-state index contributed by atoms with van der Waals surface area (Å²) < 4.78 is 5.29. The minimum Gasteiger partial charge on any atom is -0.465 e. The van der Waals surface area contributed by atoms with Crippen molar-refractivity contribution in [1.29, 1.82) is 0 Å². The zero-order chi connectivity index (χ0) is 13.2. The maximum atomic E-state index is 11.7. The quantitative estimate of drug-likeness (QED) is 0.534. The molecule has 0 radical (unpaired) electrons. The highest BCUT2D eigenvalue weighted by molar-refractivity contribution is 5.72. The molecule has 2 atom stereocenters. The third kappa shape index (κ3) is 6.39. The molecule has 0 bridgehead atoms. The van der Waals surface area contributed by atoms with E-state index in [4.69, 9.17) is 4.74 Å². The third-order valence-corrected chi connectivity index (χ3v) is 3.72. The first-order chi connectivity index (χ1) is 8.74. The predicted molar refractivity (Wildman–Crippen MR) is 72.3 cm³/mol. The maximum Gasteiger partial charge on any atom is 0.309 e. The van der Waals surface area contributed by atoms with Crippen molar-refractivity contribution in [3.05, 3.63) is 0 Å². The largest absolute Gasteiger partial charge is 0.465 e. The molecule has 106 valence electrons. The molecule has 0 heterocycles. The van der Waals surface area contributed by atoms with Crippen molar-refractivity contribution >= 4 is 5.97 Å². The van der Waals surface area contributed by atoms with Gasteiger partial charge in [0.1, 0.15) is 0 Å². The predicted octanol–water partition coefficient (Wildman–Crippen LogP) is 3.44. The Bertz CT molecular complexity index is 228. The molecule has 1 fully saturated rings. The highest BCUT2D eigenvalue weighted by atomic mass is 16.5. The molecule has 0 aromatic carbocycles. The summed E-state index contributed by atoms with van der Waals surface area (Å²) in [5.41, 5.74) is 0. The van der Waals surface area contributed by atoms with Gasteiger partial charge in [0.15, 0.2) is 0 Å². The minimum atomic E-state index is -0.301. The molecule has 0 amide bonds. The molecule has 0 aromatic heterocycles. The number of unbranched alkanes of at least 4 members (excludes halogenated alkanes) is 5. The topological polar surface area (TPSA) is 46.5 Å². The summed E-state index contributed by atoms with van der Waals surface area (Å²) in [6, 6.07) is 0. The van der Waals surface area contributed by atoms with Gasteiger partial charge in [-0.1, -0.05) is 45.4 Å². The van der Waals surface area contributed by atoms with E-state index in [2.05, 4.69) is 6.92 Å². The molecule has 1 rings (SSSR count). The van der Waals surface area contributed by atoms with Crippen molar-refractivity contribution in [3.63, 3.8) is 0 Å². The van der Waals surface area contributed by atoms with E-state index < -0.39 is 0 Å². The number of ether oxygens (including phenoxy) is 1. The molecular formula is C15H28O3. The molecule has 3 heteroatoms. The minimum absolute atomic E-state index is 0.0613. The highest BCUT2D eigenvalue weighted by Gasteiger charge is 2.26. The summed E-state index contributed by atoms with van der Waals surface area (Å²) in [4.78, 5) is 11.7. The van der Waals surface area contributed by atoms with Crippen LogP contribution in [0, 0.1) is 5.92 Å². The van der Waals surface area contributed by atoms with E-state index in [0.717, 1.165) is 32.1 Å². The smallest absolute Gasteiger partial charge is 0.309 e. The van der Waals surface area contributed by atoms with Crippen molar-refractivity contribution in [1.82, 2.24) is 0 Å². The summed E-state index contributed by atoms with van der Waals surface area (Å²) in [7, 11) is 0. The first kappa shape index (κ1) is 15.5. The molecular weight excluding hydrogens is 228 g/mol. The van der Waals surface area contributed by atoms with E-state index in [1.165, 1.54) is 25.7 Å². The van der Waals surface area contributed by atoms with Gasteiger partial charge in [-0.15, -0.1) is 0 Å². The Kier molecular flexibility index (Phi) is 8.06. The van der Waals surface area contributed by atoms with E-state index in [1.54, 1.807) is 0 Å². The van der Waals surface area contributed by atoms with E-state index in [0.29, 0.717) is 13.0 Å². The summed E-state index contributed by atoms with van der Waals surface area (Å²) in [6.45, 7) is 2.76. The molecule has 0 saturated heterocycles. The van der Waals surface area contributed by atoms with Crippen LogP contribution in [0.1, 0.15) is 71.1 Å². The molecule has 2 unspecified atom stereocenters. The van der Waals surface area contributed by atoms with Crippen LogP contribution in [0.5, 0.6) is 0 Å². The van der Waals surface area contributed by atoms with Crippen molar-refractivity contribution in [2.45, 2.75) is 77.2 Å². The van der Waals surface area contributed by atoms with Gasteiger partial charge in [-0.2, -0.15) is 0 Å². The van der Waals surface area contributed by atoms with Crippen molar-refractivity contribution in [2.24, 2.45) is 5.92 Å². The zero-order valence-corrected chi connectivity index (χ0v) is 11.7. The first-order valence-electron chi connectivity index (χ1n) is 7.58. The van der Waals surface area contributed by atoms with E-state index in [-0.39, 0.29) is 18.0 Å². The number of esters is 1. The summed E-state index contributed by atoms with van der Waals surface area (Å²) >= 11 is 0. The Morgan fingerprint density at radius 1 is 1.17 bits per heavy atom. The van der Waals surface area contributed by atoms with Crippen LogP contribution in [0.3, 0.4) is 0 Å². The monoisotopic (exact) mass is 256 g/mol.